The van der Waals surface area contributed by atoms with Gasteiger partial charge in [0.15, 0.2) is 5.75 Å². The molecule has 1 aromatic rings. The van der Waals surface area contributed by atoms with E-state index in [2.05, 4.69) is 4.90 Å². The van der Waals surface area contributed by atoms with Crippen LogP contribution in [0.25, 0.3) is 0 Å². The molecule has 110 valence electrons. The van der Waals surface area contributed by atoms with Gasteiger partial charge < -0.3 is 14.4 Å². The van der Waals surface area contributed by atoms with E-state index in [0.29, 0.717) is 0 Å². The molecular weight excluding hydrogens is 256 g/mol. The van der Waals surface area contributed by atoms with E-state index in [1.54, 1.807) is 12.3 Å². The smallest absolute Gasteiger partial charge is 0.223 e. The SMILES string of the molecule is O=c1cc(CN2CCCC2)n(CC2CCCO2)cc1O. The van der Waals surface area contributed by atoms with Crippen LogP contribution >= 0.6 is 0 Å². The minimum Gasteiger partial charge on any atom is -0.503 e. The fraction of sp³-hybridized carbons (Fsp3) is 0.667. The Bertz CT molecular complexity index is 514. The van der Waals surface area contributed by atoms with Gasteiger partial charge in [0.25, 0.3) is 0 Å². The number of rotatable bonds is 4. The summed E-state index contributed by atoms with van der Waals surface area (Å²) >= 11 is 0. The van der Waals surface area contributed by atoms with Gasteiger partial charge in [0.05, 0.1) is 12.3 Å². The number of likely N-dealkylation sites (tertiary alicyclic amines) is 1. The number of pyridine rings is 1. The van der Waals surface area contributed by atoms with Crippen molar-refractivity contribution in [1.29, 1.82) is 0 Å². The van der Waals surface area contributed by atoms with Crippen molar-refractivity contribution in [3.05, 3.63) is 28.2 Å². The van der Waals surface area contributed by atoms with Gasteiger partial charge in [0.2, 0.25) is 5.43 Å². The largest absolute Gasteiger partial charge is 0.503 e. The van der Waals surface area contributed by atoms with Gasteiger partial charge in [0.1, 0.15) is 0 Å². The van der Waals surface area contributed by atoms with E-state index in [-0.39, 0.29) is 17.3 Å². The van der Waals surface area contributed by atoms with Crippen LogP contribution in [0.15, 0.2) is 17.1 Å². The van der Waals surface area contributed by atoms with Crippen LogP contribution in [0, 0.1) is 0 Å². The maximum Gasteiger partial charge on any atom is 0.223 e. The number of hydrogen-bond donors (Lipinski definition) is 1. The number of aromatic nitrogens is 1. The first-order chi connectivity index (χ1) is 9.72. The lowest BCUT2D eigenvalue weighted by atomic mass is 10.2. The molecule has 2 aliphatic heterocycles. The molecule has 0 saturated carbocycles. The van der Waals surface area contributed by atoms with Gasteiger partial charge in [-0.3, -0.25) is 9.69 Å². The average Bonchev–Trinajstić information content (AvgIpc) is 3.08. The Morgan fingerprint density at radius 3 is 2.80 bits per heavy atom. The quantitative estimate of drug-likeness (QED) is 0.902. The van der Waals surface area contributed by atoms with Crippen molar-refractivity contribution in [3.8, 4) is 5.75 Å². The maximum absolute atomic E-state index is 11.7. The lowest BCUT2D eigenvalue weighted by Gasteiger charge is -2.21. The summed E-state index contributed by atoms with van der Waals surface area (Å²) in [5.74, 6) is -0.173. The zero-order valence-electron chi connectivity index (χ0n) is 11.8. The Morgan fingerprint density at radius 2 is 2.10 bits per heavy atom. The van der Waals surface area contributed by atoms with E-state index >= 15 is 0 Å². The standard InChI is InChI=1S/C15H22N2O3/c18-14-8-12(9-16-5-1-2-6-16)17(11-15(14)19)10-13-4-3-7-20-13/h8,11,13,19H,1-7,9-10H2. The number of nitrogens with zero attached hydrogens (tertiary/aromatic N) is 2. The van der Waals surface area contributed by atoms with E-state index in [1.807, 2.05) is 4.57 Å². The molecule has 1 atom stereocenters. The third-order valence-electron chi connectivity index (χ3n) is 4.21. The molecule has 20 heavy (non-hydrogen) atoms. The molecule has 0 amide bonds. The summed E-state index contributed by atoms with van der Waals surface area (Å²) in [6.07, 6.45) is 6.38. The van der Waals surface area contributed by atoms with E-state index in [4.69, 9.17) is 4.74 Å². The second-order valence-corrected chi connectivity index (χ2v) is 5.78. The second-order valence-electron chi connectivity index (χ2n) is 5.78. The zero-order chi connectivity index (χ0) is 13.9. The first-order valence-electron chi connectivity index (χ1n) is 7.48. The summed E-state index contributed by atoms with van der Waals surface area (Å²) in [5.41, 5.74) is 0.688. The Hall–Kier alpha value is -1.33. The molecule has 5 heteroatoms. The van der Waals surface area contributed by atoms with Crippen molar-refractivity contribution in [2.75, 3.05) is 19.7 Å². The highest BCUT2D eigenvalue weighted by Gasteiger charge is 2.19. The molecule has 5 nitrogen and oxygen atoms in total. The molecule has 2 aliphatic rings. The average molecular weight is 278 g/mol. The summed E-state index contributed by atoms with van der Waals surface area (Å²) in [7, 11) is 0. The van der Waals surface area contributed by atoms with Crippen molar-refractivity contribution in [2.24, 2.45) is 0 Å². The molecule has 0 spiro atoms. The van der Waals surface area contributed by atoms with Crippen molar-refractivity contribution >= 4 is 0 Å². The third kappa shape index (κ3) is 3.04. The molecule has 0 aromatic carbocycles. The van der Waals surface area contributed by atoms with Gasteiger partial charge in [-0.2, -0.15) is 0 Å². The topological polar surface area (TPSA) is 54.7 Å². The van der Waals surface area contributed by atoms with Crippen LogP contribution in [-0.2, 0) is 17.8 Å². The molecular formula is C15H22N2O3. The second kappa shape index (κ2) is 5.97. The lowest BCUT2D eigenvalue weighted by Crippen LogP contribution is -2.26. The van der Waals surface area contributed by atoms with Crippen LogP contribution in [0.4, 0.5) is 0 Å². The molecule has 2 fully saturated rings. The molecule has 0 aliphatic carbocycles. The van der Waals surface area contributed by atoms with Crippen LogP contribution in [-0.4, -0.2) is 40.4 Å². The van der Waals surface area contributed by atoms with Crippen LogP contribution in [0.1, 0.15) is 31.4 Å². The van der Waals surface area contributed by atoms with Crippen LogP contribution in [0.2, 0.25) is 0 Å². The Morgan fingerprint density at radius 1 is 1.30 bits per heavy atom. The van der Waals surface area contributed by atoms with E-state index in [0.717, 1.165) is 51.3 Å². The Balaban J connectivity index is 1.81. The summed E-state index contributed by atoms with van der Waals surface area (Å²) in [4.78, 5) is 14.0. The van der Waals surface area contributed by atoms with Gasteiger partial charge in [-0.15, -0.1) is 0 Å². The molecule has 1 unspecified atom stereocenters. The summed E-state index contributed by atoms with van der Waals surface area (Å²) in [5, 5.41) is 9.67. The van der Waals surface area contributed by atoms with Crippen LogP contribution in [0.3, 0.4) is 0 Å². The molecule has 3 rings (SSSR count). The van der Waals surface area contributed by atoms with Gasteiger partial charge in [-0.1, -0.05) is 0 Å². The monoisotopic (exact) mass is 278 g/mol. The third-order valence-corrected chi connectivity index (χ3v) is 4.21. The van der Waals surface area contributed by atoms with Crippen molar-refractivity contribution in [3.63, 3.8) is 0 Å². The molecule has 0 bridgehead atoms. The summed E-state index contributed by atoms with van der Waals surface area (Å²) in [6, 6.07) is 1.57. The number of ether oxygens (including phenoxy) is 1. The predicted molar refractivity (Wildman–Crippen MR) is 75.9 cm³/mol. The zero-order valence-corrected chi connectivity index (χ0v) is 11.8. The minimum atomic E-state index is -0.289. The van der Waals surface area contributed by atoms with Crippen LogP contribution in [0.5, 0.6) is 5.75 Å². The molecule has 1 N–H and O–H groups in total. The molecule has 3 heterocycles. The molecule has 0 radical (unpaired) electrons. The highest BCUT2D eigenvalue weighted by atomic mass is 16.5. The van der Waals surface area contributed by atoms with Gasteiger partial charge in [-0.25, -0.2) is 0 Å². The number of hydrogen-bond acceptors (Lipinski definition) is 4. The van der Waals surface area contributed by atoms with Crippen molar-refractivity contribution in [1.82, 2.24) is 9.47 Å². The Labute approximate surface area is 118 Å². The lowest BCUT2D eigenvalue weighted by molar-refractivity contribution is 0.0953. The fourth-order valence-electron chi connectivity index (χ4n) is 3.09. The highest BCUT2D eigenvalue weighted by Crippen LogP contribution is 2.18. The van der Waals surface area contributed by atoms with Crippen molar-refractivity contribution in [2.45, 2.75) is 44.9 Å². The normalized spacial score (nSPS) is 23.5. The highest BCUT2D eigenvalue weighted by molar-refractivity contribution is 5.20. The minimum absolute atomic E-state index is 0.173. The first kappa shape index (κ1) is 13.6. The van der Waals surface area contributed by atoms with Gasteiger partial charge in [0, 0.05) is 31.5 Å². The van der Waals surface area contributed by atoms with E-state index < -0.39 is 0 Å². The summed E-state index contributed by atoms with van der Waals surface area (Å²) < 4.78 is 7.65. The Kier molecular flexibility index (Phi) is 4.08. The van der Waals surface area contributed by atoms with Crippen LogP contribution < -0.4 is 5.43 Å². The number of aromatic hydroxyl groups is 1. The van der Waals surface area contributed by atoms with Crippen molar-refractivity contribution < 1.29 is 9.84 Å². The van der Waals surface area contributed by atoms with Gasteiger partial charge >= 0.3 is 0 Å². The van der Waals surface area contributed by atoms with E-state index in [1.165, 1.54) is 12.8 Å². The fourth-order valence-corrected chi connectivity index (χ4v) is 3.09. The van der Waals surface area contributed by atoms with Gasteiger partial charge in [-0.05, 0) is 38.8 Å². The van der Waals surface area contributed by atoms with E-state index in [9.17, 15) is 9.90 Å². The maximum atomic E-state index is 11.7. The predicted octanol–water partition coefficient (Wildman–Crippen LogP) is 1.33. The summed E-state index contributed by atoms with van der Waals surface area (Å²) in [6.45, 7) is 4.50. The molecule has 2 saturated heterocycles. The molecule has 1 aromatic heterocycles. The first-order valence-corrected chi connectivity index (χ1v) is 7.48.